The van der Waals surface area contributed by atoms with Gasteiger partial charge in [0.15, 0.2) is 6.29 Å². The number of carbonyl (C=O) groups is 2. The number of rotatable bonds is 7. The van der Waals surface area contributed by atoms with Crippen LogP contribution in [0.2, 0.25) is 5.02 Å². The molecule has 2 heterocycles. The molecule has 0 aliphatic carbocycles. The van der Waals surface area contributed by atoms with Crippen molar-refractivity contribution >= 4 is 30.5 Å². The molecule has 190 valence electrons. The molecule has 7 nitrogen and oxygen atoms in total. The molecule has 3 aromatic rings. The van der Waals surface area contributed by atoms with Gasteiger partial charge in [-0.3, -0.25) is 9.78 Å². The molecule has 0 spiro atoms. The van der Waals surface area contributed by atoms with Crippen molar-refractivity contribution in [1.82, 2.24) is 15.3 Å². The van der Waals surface area contributed by atoms with Crippen LogP contribution in [-0.4, -0.2) is 55.4 Å². The number of carbonyl (C=O) groups excluding carboxylic acids is 2. The summed E-state index contributed by atoms with van der Waals surface area (Å²) >= 11 is 5.90. The number of aryl methyl sites for hydroxylation is 3. The van der Waals surface area contributed by atoms with E-state index >= 15 is 0 Å². The fourth-order valence-corrected chi connectivity index (χ4v) is 3.09. The average Bonchev–Trinajstić information content (AvgIpc) is 2.84. The molecule has 2 aromatic heterocycles. The zero-order valence-corrected chi connectivity index (χ0v) is 22.0. The number of anilines is 1. The first-order chi connectivity index (χ1) is 16.9. The van der Waals surface area contributed by atoms with E-state index in [2.05, 4.69) is 26.7 Å². The molecule has 0 atom stereocenters. The van der Waals surface area contributed by atoms with Gasteiger partial charge < -0.3 is 20.5 Å². The van der Waals surface area contributed by atoms with Gasteiger partial charge in [0.05, 0.1) is 5.56 Å². The summed E-state index contributed by atoms with van der Waals surface area (Å²) in [5.41, 5.74) is 6.05. The van der Waals surface area contributed by atoms with Crippen LogP contribution in [0, 0.1) is 20.8 Å². The number of nitrogens with one attached hydrogen (secondary N) is 2. The lowest BCUT2D eigenvalue weighted by molar-refractivity contribution is -0.0980. The molecule has 35 heavy (non-hydrogen) atoms. The molecule has 3 N–H and O–H groups in total. The average molecular weight is 501 g/mol. The monoisotopic (exact) mass is 500 g/mol. The smallest absolute Gasteiger partial charge is 0.154 e. The Morgan fingerprint density at radius 2 is 1.60 bits per heavy atom. The number of benzene rings is 1. The lowest BCUT2D eigenvalue weighted by atomic mass is 9.97. The summed E-state index contributed by atoms with van der Waals surface area (Å²) in [6, 6.07) is 9.70. The van der Waals surface area contributed by atoms with E-state index in [0.29, 0.717) is 35.8 Å². The molecule has 1 aromatic carbocycles. The predicted molar refractivity (Wildman–Crippen MR) is 145 cm³/mol. The summed E-state index contributed by atoms with van der Waals surface area (Å²) in [6.45, 7) is 8.71. The lowest BCUT2D eigenvalue weighted by Crippen LogP contribution is -2.10. The van der Waals surface area contributed by atoms with Crippen molar-refractivity contribution in [2.45, 2.75) is 33.6 Å². The van der Waals surface area contributed by atoms with Gasteiger partial charge in [-0.25, -0.2) is 4.98 Å². The van der Waals surface area contributed by atoms with Crippen molar-refractivity contribution in [3.8, 4) is 0 Å². The highest BCUT2D eigenvalue weighted by atomic mass is 35.5. The van der Waals surface area contributed by atoms with Gasteiger partial charge in [0.2, 0.25) is 0 Å². The number of aliphatic hydroxyl groups excluding tert-OH is 1. The summed E-state index contributed by atoms with van der Waals surface area (Å²) in [5, 5.41) is 15.4. The molecule has 0 saturated carbocycles. The molecule has 0 aliphatic heterocycles. The predicted octanol–water partition coefficient (Wildman–Crippen LogP) is 4.59. The highest BCUT2D eigenvalue weighted by Crippen LogP contribution is 2.23. The Bertz CT molecular complexity index is 981. The Labute approximate surface area is 214 Å². The van der Waals surface area contributed by atoms with Crippen LogP contribution in [0.5, 0.6) is 0 Å². The highest BCUT2D eigenvalue weighted by Gasteiger charge is 2.12. The summed E-state index contributed by atoms with van der Waals surface area (Å²) in [7, 11) is 3.75. The largest absolute Gasteiger partial charge is 0.396 e. The second kappa shape index (κ2) is 19.2. The molecular weight excluding hydrogens is 464 g/mol. The summed E-state index contributed by atoms with van der Waals surface area (Å²) in [6.07, 6.45) is 7.57. The number of hydrogen-bond donors (Lipinski definition) is 3. The van der Waals surface area contributed by atoms with E-state index in [1.165, 1.54) is 11.1 Å². The molecule has 0 amide bonds. The number of hydrogen-bond acceptors (Lipinski definition) is 7. The lowest BCUT2D eigenvalue weighted by Gasteiger charge is -2.14. The fourth-order valence-electron chi connectivity index (χ4n) is 2.96. The molecule has 0 aliphatic rings. The first-order valence-corrected chi connectivity index (χ1v) is 11.5. The Morgan fingerprint density at radius 1 is 1.03 bits per heavy atom. The van der Waals surface area contributed by atoms with Crippen LogP contribution in [0.1, 0.15) is 44.6 Å². The number of pyridine rings is 2. The number of aldehydes is 1. The van der Waals surface area contributed by atoms with Gasteiger partial charge in [0.1, 0.15) is 12.6 Å². The van der Waals surface area contributed by atoms with Gasteiger partial charge in [-0.05, 0) is 87.7 Å². The van der Waals surface area contributed by atoms with E-state index in [4.69, 9.17) is 21.5 Å². The third-order valence-electron chi connectivity index (χ3n) is 4.49. The maximum Gasteiger partial charge on any atom is 0.154 e. The van der Waals surface area contributed by atoms with Crippen molar-refractivity contribution in [3.63, 3.8) is 0 Å². The van der Waals surface area contributed by atoms with Gasteiger partial charge >= 0.3 is 0 Å². The molecule has 0 bridgehead atoms. The zero-order chi connectivity index (χ0) is 26.6. The van der Waals surface area contributed by atoms with Gasteiger partial charge in [-0.2, -0.15) is 0 Å². The SMILES string of the molecule is C=O.CNC.Cc1cnc(NCCCO)c(C=O)c1Cc1ccc(Cl)cc1.Cc1cncc(C)c1. The number of halogens is 1. The second-order valence-electron chi connectivity index (χ2n) is 7.65. The standard InChI is InChI=1S/C17H19ClN2O2.C7H9N.C2H7N.CH2O/c1-12-10-20-17(19-7-2-8-21)16(11-22)15(12)9-13-3-5-14(18)6-4-13;1-6-3-7(2)5-8-4-6;1-3-2;1-2/h3-6,10-11,21H,2,7-9H2,1H3,(H,19,20);3-5H,1-2H3;3H,1-2H3;1H2. The van der Waals surface area contributed by atoms with E-state index in [0.717, 1.165) is 23.0 Å². The second-order valence-corrected chi connectivity index (χ2v) is 8.08. The van der Waals surface area contributed by atoms with Crippen molar-refractivity contribution in [1.29, 1.82) is 0 Å². The first kappa shape index (κ1) is 31.9. The van der Waals surface area contributed by atoms with Crippen LogP contribution in [0.25, 0.3) is 0 Å². The number of nitrogens with zero attached hydrogens (tertiary/aromatic N) is 2. The summed E-state index contributed by atoms with van der Waals surface area (Å²) in [5.74, 6) is 0.568. The summed E-state index contributed by atoms with van der Waals surface area (Å²) < 4.78 is 0. The van der Waals surface area contributed by atoms with Crippen LogP contribution in [-0.2, 0) is 11.2 Å². The van der Waals surface area contributed by atoms with Gasteiger partial charge in [0, 0.05) is 36.8 Å². The van der Waals surface area contributed by atoms with Crippen molar-refractivity contribution < 1.29 is 14.7 Å². The van der Waals surface area contributed by atoms with Crippen molar-refractivity contribution in [3.05, 3.63) is 87.3 Å². The minimum atomic E-state index is 0.104. The molecule has 3 rings (SSSR count). The first-order valence-electron chi connectivity index (χ1n) is 11.1. The van der Waals surface area contributed by atoms with Crippen molar-refractivity contribution in [2.24, 2.45) is 0 Å². The molecule has 0 saturated heterocycles. The molecule has 0 unspecified atom stereocenters. The Balaban J connectivity index is 0.000000734. The molecule has 0 radical (unpaired) electrons. The Morgan fingerprint density at radius 3 is 2.06 bits per heavy atom. The third-order valence-corrected chi connectivity index (χ3v) is 4.75. The molecule has 0 fully saturated rings. The topological polar surface area (TPSA) is 104 Å². The van der Waals surface area contributed by atoms with E-state index in [-0.39, 0.29) is 6.61 Å². The molecule has 8 heteroatoms. The van der Waals surface area contributed by atoms with Crippen molar-refractivity contribution in [2.75, 3.05) is 32.6 Å². The minimum Gasteiger partial charge on any atom is -0.396 e. The van der Waals surface area contributed by atoms with Crippen LogP contribution in [0.15, 0.2) is 48.9 Å². The molecular formula is C27H37ClN4O3. The fraction of sp³-hybridized carbons (Fsp3) is 0.333. The minimum absolute atomic E-state index is 0.104. The van der Waals surface area contributed by atoms with Crippen LogP contribution in [0.3, 0.4) is 0 Å². The normalized spacial score (nSPS) is 9.34. The highest BCUT2D eigenvalue weighted by molar-refractivity contribution is 6.30. The van der Waals surface area contributed by atoms with Crippen LogP contribution in [0.4, 0.5) is 5.82 Å². The third kappa shape index (κ3) is 12.8. The maximum atomic E-state index is 11.5. The van der Waals surface area contributed by atoms with Gasteiger partial charge in [0.25, 0.3) is 0 Å². The Kier molecular flexibility index (Phi) is 17.5. The van der Waals surface area contributed by atoms with Gasteiger partial charge in [-0.15, -0.1) is 0 Å². The van der Waals surface area contributed by atoms with Crippen LogP contribution >= 0.6 is 11.6 Å². The van der Waals surface area contributed by atoms with Gasteiger partial charge in [-0.1, -0.05) is 29.8 Å². The number of aliphatic hydroxyl groups is 1. The van der Waals surface area contributed by atoms with E-state index in [1.807, 2.05) is 78.3 Å². The Hall–Kier alpha value is -3.13. The zero-order valence-electron chi connectivity index (χ0n) is 21.3. The van der Waals surface area contributed by atoms with E-state index in [1.54, 1.807) is 6.20 Å². The van der Waals surface area contributed by atoms with E-state index in [9.17, 15) is 4.79 Å². The maximum absolute atomic E-state index is 11.5. The van der Waals surface area contributed by atoms with E-state index < -0.39 is 0 Å². The summed E-state index contributed by atoms with van der Waals surface area (Å²) in [4.78, 5) is 27.8. The quantitative estimate of drug-likeness (QED) is 0.322. The van der Waals surface area contributed by atoms with Crippen LogP contribution < -0.4 is 10.6 Å². The number of aromatic nitrogens is 2.